The zero-order chi connectivity index (χ0) is 17.6. The Morgan fingerprint density at radius 1 is 0.840 bits per heavy atom. The number of hydrogen-bond donors (Lipinski definition) is 0. The molecule has 1 aliphatic heterocycles. The zero-order valence-corrected chi connectivity index (χ0v) is 14.1. The number of carbonyl (C=O) groups excluding carboxylic acids is 2. The topological polar surface area (TPSA) is 59.1 Å². The van der Waals surface area contributed by atoms with E-state index in [1.54, 1.807) is 41.2 Å². The second kappa shape index (κ2) is 7.70. The molecule has 0 spiro atoms. The maximum absolute atomic E-state index is 12.7. The summed E-state index contributed by atoms with van der Waals surface area (Å²) in [5.74, 6) is 0.979. The largest absolute Gasteiger partial charge is 0.496 e. The van der Waals surface area contributed by atoms with Crippen molar-refractivity contribution in [1.29, 1.82) is 0 Å². The van der Waals surface area contributed by atoms with Gasteiger partial charge in [0.2, 0.25) is 0 Å². The smallest absolute Gasteiger partial charge is 0.415 e. The fourth-order valence-electron chi connectivity index (χ4n) is 2.74. The first kappa shape index (κ1) is 16.8. The molecule has 1 aliphatic rings. The molecule has 0 N–H and O–H groups in total. The third-order valence-corrected chi connectivity index (χ3v) is 4.11. The van der Waals surface area contributed by atoms with Gasteiger partial charge in [-0.05, 0) is 24.3 Å². The van der Waals surface area contributed by atoms with E-state index in [4.69, 9.17) is 9.47 Å². The van der Waals surface area contributed by atoms with Crippen LogP contribution in [0, 0.1) is 0 Å². The highest BCUT2D eigenvalue weighted by Gasteiger charge is 2.27. The van der Waals surface area contributed by atoms with Crippen molar-refractivity contribution >= 4 is 12.0 Å². The SMILES string of the molecule is COc1ccccc1C(=O)N1CCN(C(=O)Oc2ccccc2)CC1. The summed E-state index contributed by atoms with van der Waals surface area (Å²) in [4.78, 5) is 28.2. The third kappa shape index (κ3) is 3.91. The number of para-hydroxylation sites is 2. The Kier molecular flexibility index (Phi) is 5.18. The van der Waals surface area contributed by atoms with Crippen molar-refractivity contribution in [3.8, 4) is 11.5 Å². The lowest BCUT2D eigenvalue weighted by atomic mass is 10.1. The molecule has 2 aromatic rings. The molecule has 3 rings (SSSR count). The van der Waals surface area contributed by atoms with E-state index >= 15 is 0 Å². The highest BCUT2D eigenvalue weighted by atomic mass is 16.6. The van der Waals surface area contributed by atoms with Gasteiger partial charge in [0.05, 0.1) is 12.7 Å². The van der Waals surface area contributed by atoms with Gasteiger partial charge in [0.1, 0.15) is 11.5 Å². The number of amides is 2. The molecule has 1 fully saturated rings. The Morgan fingerprint density at radius 2 is 1.44 bits per heavy atom. The quantitative estimate of drug-likeness (QED) is 0.862. The predicted octanol–water partition coefficient (Wildman–Crippen LogP) is 2.65. The van der Waals surface area contributed by atoms with Crippen LogP contribution < -0.4 is 9.47 Å². The van der Waals surface area contributed by atoms with Crippen LogP contribution in [0.4, 0.5) is 4.79 Å². The summed E-state index contributed by atoms with van der Waals surface area (Å²) in [7, 11) is 1.55. The standard InChI is InChI=1S/C19H20N2O4/c1-24-17-10-6-5-9-16(17)18(22)20-11-13-21(14-12-20)19(23)25-15-7-3-2-4-8-15/h2-10H,11-14H2,1H3. The molecule has 0 atom stereocenters. The summed E-state index contributed by atoms with van der Waals surface area (Å²) in [5.41, 5.74) is 0.533. The minimum atomic E-state index is -0.393. The summed E-state index contributed by atoms with van der Waals surface area (Å²) in [5, 5.41) is 0. The first-order valence-electron chi connectivity index (χ1n) is 8.13. The first-order chi connectivity index (χ1) is 12.2. The molecule has 1 heterocycles. The van der Waals surface area contributed by atoms with Crippen LogP contribution in [0.1, 0.15) is 10.4 Å². The summed E-state index contributed by atoms with van der Waals surface area (Å²) < 4.78 is 10.6. The Hall–Kier alpha value is -3.02. The minimum Gasteiger partial charge on any atom is -0.496 e. The highest BCUT2D eigenvalue weighted by Crippen LogP contribution is 2.20. The molecule has 0 saturated carbocycles. The normalized spacial score (nSPS) is 14.1. The predicted molar refractivity (Wildman–Crippen MR) is 92.9 cm³/mol. The lowest BCUT2D eigenvalue weighted by molar-refractivity contribution is 0.0630. The maximum Gasteiger partial charge on any atom is 0.415 e. The van der Waals surface area contributed by atoms with Crippen molar-refractivity contribution < 1.29 is 19.1 Å². The number of rotatable bonds is 3. The van der Waals surface area contributed by atoms with Crippen molar-refractivity contribution in [2.24, 2.45) is 0 Å². The molecule has 0 bridgehead atoms. The van der Waals surface area contributed by atoms with Crippen molar-refractivity contribution in [2.75, 3.05) is 33.3 Å². The van der Waals surface area contributed by atoms with Crippen LogP contribution in [0.3, 0.4) is 0 Å². The van der Waals surface area contributed by atoms with Crippen molar-refractivity contribution in [2.45, 2.75) is 0 Å². The minimum absolute atomic E-state index is 0.0893. The Balaban J connectivity index is 1.58. The van der Waals surface area contributed by atoms with Crippen LogP contribution in [0.25, 0.3) is 0 Å². The van der Waals surface area contributed by atoms with Gasteiger partial charge in [-0.2, -0.15) is 0 Å². The monoisotopic (exact) mass is 340 g/mol. The fraction of sp³-hybridized carbons (Fsp3) is 0.263. The van der Waals surface area contributed by atoms with Crippen LogP contribution in [0.2, 0.25) is 0 Å². The molecule has 0 unspecified atom stereocenters. The van der Waals surface area contributed by atoms with Crippen LogP contribution in [0.5, 0.6) is 11.5 Å². The molecule has 2 amide bonds. The molecule has 0 aliphatic carbocycles. The third-order valence-electron chi connectivity index (χ3n) is 4.11. The van der Waals surface area contributed by atoms with Gasteiger partial charge < -0.3 is 19.3 Å². The summed E-state index contributed by atoms with van der Waals surface area (Å²) in [6, 6.07) is 16.1. The Morgan fingerprint density at radius 3 is 2.12 bits per heavy atom. The molecule has 6 heteroatoms. The number of carbonyl (C=O) groups is 2. The van der Waals surface area contributed by atoms with Gasteiger partial charge in [0.25, 0.3) is 5.91 Å². The van der Waals surface area contributed by atoms with Gasteiger partial charge in [-0.1, -0.05) is 30.3 Å². The Bertz CT molecular complexity index is 740. The van der Waals surface area contributed by atoms with Gasteiger partial charge in [0, 0.05) is 26.2 Å². The van der Waals surface area contributed by atoms with Crippen LogP contribution in [-0.4, -0.2) is 55.1 Å². The number of methoxy groups -OCH3 is 1. The molecule has 6 nitrogen and oxygen atoms in total. The molecule has 0 aromatic heterocycles. The highest BCUT2D eigenvalue weighted by molar-refractivity contribution is 5.97. The van der Waals surface area contributed by atoms with Crippen LogP contribution in [-0.2, 0) is 0 Å². The van der Waals surface area contributed by atoms with Crippen molar-refractivity contribution in [1.82, 2.24) is 9.80 Å². The van der Waals surface area contributed by atoms with Gasteiger partial charge in [-0.3, -0.25) is 4.79 Å². The van der Waals surface area contributed by atoms with E-state index in [9.17, 15) is 9.59 Å². The Labute approximate surface area is 146 Å². The van der Waals surface area contributed by atoms with E-state index in [1.807, 2.05) is 30.3 Å². The van der Waals surface area contributed by atoms with Crippen molar-refractivity contribution in [3.63, 3.8) is 0 Å². The van der Waals surface area contributed by atoms with E-state index in [1.165, 1.54) is 0 Å². The molecular weight excluding hydrogens is 320 g/mol. The molecule has 1 saturated heterocycles. The lowest BCUT2D eigenvalue weighted by Crippen LogP contribution is -2.51. The second-order valence-corrected chi connectivity index (χ2v) is 5.66. The number of nitrogens with zero attached hydrogens (tertiary/aromatic N) is 2. The van der Waals surface area contributed by atoms with Gasteiger partial charge >= 0.3 is 6.09 Å². The van der Waals surface area contributed by atoms with E-state index in [-0.39, 0.29) is 5.91 Å². The van der Waals surface area contributed by atoms with Gasteiger partial charge in [0.15, 0.2) is 0 Å². The molecule has 25 heavy (non-hydrogen) atoms. The summed E-state index contributed by atoms with van der Waals surface area (Å²) in [6.45, 7) is 1.79. The zero-order valence-electron chi connectivity index (χ0n) is 14.1. The van der Waals surface area contributed by atoms with E-state index in [0.29, 0.717) is 43.2 Å². The van der Waals surface area contributed by atoms with Crippen molar-refractivity contribution in [3.05, 3.63) is 60.2 Å². The lowest BCUT2D eigenvalue weighted by Gasteiger charge is -2.34. The molecule has 130 valence electrons. The number of benzene rings is 2. The summed E-state index contributed by atoms with van der Waals surface area (Å²) in [6.07, 6.45) is -0.393. The van der Waals surface area contributed by atoms with Gasteiger partial charge in [-0.15, -0.1) is 0 Å². The number of ether oxygens (including phenoxy) is 2. The second-order valence-electron chi connectivity index (χ2n) is 5.66. The van der Waals surface area contributed by atoms with Crippen LogP contribution >= 0.6 is 0 Å². The fourth-order valence-corrected chi connectivity index (χ4v) is 2.74. The maximum atomic E-state index is 12.7. The van der Waals surface area contributed by atoms with E-state index in [0.717, 1.165) is 0 Å². The number of piperazine rings is 1. The molecule has 2 aromatic carbocycles. The van der Waals surface area contributed by atoms with E-state index in [2.05, 4.69) is 0 Å². The molecular formula is C19H20N2O4. The average Bonchev–Trinajstić information content (AvgIpc) is 2.68. The summed E-state index contributed by atoms with van der Waals surface area (Å²) >= 11 is 0. The first-order valence-corrected chi connectivity index (χ1v) is 8.13. The average molecular weight is 340 g/mol. The van der Waals surface area contributed by atoms with E-state index < -0.39 is 6.09 Å². The number of hydrogen-bond acceptors (Lipinski definition) is 4. The van der Waals surface area contributed by atoms with Gasteiger partial charge in [-0.25, -0.2) is 4.79 Å². The van der Waals surface area contributed by atoms with Crippen LogP contribution in [0.15, 0.2) is 54.6 Å². The molecule has 0 radical (unpaired) electrons.